The highest BCUT2D eigenvalue weighted by Crippen LogP contribution is 2.26. The highest BCUT2D eigenvalue weighted by atomic mass is 35.5. The van der Waals surface area contributed by atoms with Gasteiger partial charge in [-0.1, -0.05) is 12.6 Å². The Morgan fingerprint density at radius 3 is 3.00 bits per heavy atom. The van der Waals surface area contributed by atoms with Crippen LogP contribution in [0.2, 0.25) is 0 Å². The van der Waals surface area contributed by atoms with Crippen LogP contribution in [0.5, 0.6) is 0 Å². The number of nitrogens with two attached hydrogens (primary N) is 1. The van der Waals surface area contributed by atoms with Gasteiger partial charge in [0.15, 0.2) is 17.0 Å². The van der Waals surface area contributed by atoms with Crippen molar-refractivity contribution in [3.8, 4) is 5.69 Å². The van der Waals surface area contributed by atoms with E-state index in [2.05, 4.69) is 36.8 Å². The first-order chi connectivity index (χ1) is 16.0. The van der Waals surface area contributed by atoms with Crippen molar-refractivity contribution in [3.05, 3.63) is 43.2 Å². The number of imidazole rings is 1. The van der Waals surface area contributed by atoms with E-state index in [-0.39, 0.29) is 29.7 Å². The number of carbonyl (C=O) groups excluding carboxylic acids is 1. The number of aliphatic hydroxyl groups excluding tert-OH is 1. The molecule has 0 aliphatic heterocycles. The van der Waals surface area contributed by atoms with Gasteiger partial charge in [0.2, 0.25) is 5.91 Å². The fourth-order valence-corrected chi connectivity index (χ4v) is 3.90. The summed E-state index contributed by atoms with van der Waals surface area (Å²) in [4.78, 5) is 33.8. The minimum atomic E-state index is -0.304. The van der Waals surface area contributed by atoms with Crippen LogP contribution in [-0.4, -0.2) is 60.5 Å². The van der Waals surface area contributed by atoms with Crippen LogP contribution in [0.3, 0.4) is 0 Å². The summed E-state index contributed by atoms with van der Waals surface area (Å²) < 4.78 is 1.76. The molecule has 1 unspecified atom stereocenters. The molecule has 1 fully saturated rings. The average molecular weight is 467 g/mol. The molecule has 0 saturated heterocycles. The maximum absolute atomic E-state index is 11.6. The monoisotopic (exact) mass is 466 g/mol. The van der Waals surface area contributed by atoms with Crippen molar-refractivity contribution >= 4 is 57.5 Å². The lowest BCUT2D eigenvalue weighted by atomic mass is 9.96. The number of amides is 1. The van der Waals surface area contributed by atoms with E-state index in [1.807, 2.05) is 12.1 Å². The number of anilines is 2. The number of halogens is 1. The third-order valence-corrected chi connectivity index (χ3v) is 5.51. The molecule has 1 aliphatic rings. The van der Waals surface area contributed by atoms with Crippen LogP contribution in [0.1, 0.15) is 19.3 Å². The molecule has 0 bridgehead atoms. The van der Waals surface area contributed by atoms with Gasteiger partial charge in [0.25, 0.3) is 5.95 Å². The number of rotatable bonds is 6. The van der Waals surface area contributed by atoms with Crippen LogP contribution in [0.4, 0.5) is 17.5 Å². The quantitative estimate of drug-likeness (QED) is 0.376. The van der Waals surface area contributed by atoms with Crippen LogP contribution in [0, 0.1) is 0 Å². The molecule has 0 spiro atoms. The number of nitrogens with zero attached hydrogens (tertiary/aromatic N) is 6. The predicted octanol–water partition coefficient (Wildman–Crippen LogP) is 2.82. The summed E-state index contributed by atoms with van der Waals surface area (Å²) in [6, 6.07) is 7.23. The van der Waals surface area contributed by atoms with Crippen molar-refractivity contribution in [3.63, 3.8) is 0 Å². The Kier molecular flexibility index (Phi) is 6.76. The average Bonchev–Trinajstić information content (AvgIpc) is 3.23. The molecule has 11 heteroatoms. The van der Waals surface area contributed by atoms with E-state index >= 15 is 0 Å². The summed E-state index contributed by atoms with van der Waals surface area (Å²) in [5, 5.41) is 11.4. The van der Waals surface area contributed by atoms with Crippen LogP contribution in [0.25, 0.3) is 16.9 Å². The van der Waals surface area contributed by atoms with E-state index in [9.17, 15) is 4.79 Å². The van der Waals surface area contributed by atoms with Gasteiger partial charge >= 0.3 is 0 Å². The van der Waals surface area contributed by atoms with Crippen LogP contribution < -0.4 is 11.1 Å². The number of fused-ring (bicyclic) bond motifs is 1. The lowest BCUT2D eigenvalue weighted by Gasteiger charge is -2.20. The number of nitrogens with one attached hydrogen (secondary N) is 1. The summed E-state index contributed by atoms with van der Waals surface area (Å²) >= 11 is 6.45. The molecule has 33 heavy (non-hydrogen) atoms. The molecule has 10 nitrogen and oxygen atoms in total. The molecular formula is C22H23ClN8O2. The molecule has 4 rings (SSSR count). The molecule has 0 radical (unpaired) electrons. The molecule has 1 aliphatic carbocycles. The number of alkyl halides is 1. The fourth-order valence-electron chi connectivity index (χ4n) is 3.55. The highest BCUT2D eigenvalue weighted by molar-refractivity contribution is 6.34. The van der Waals surface area contributed by atoms with Crippen molar-refractivity contribution in [2.75, 3.05) is 24.2 Å². The Labute approximate surface area is 195 Å². The van der Waals surface area contributed by atoms with Crippen molar-refractivity contribution in [2.24, 2.45) is 9.98 Å². The molecule has 170 valence electrons. The van der Waals surface area contributed by atoms with Crippen LogP contribution in [0.15, 0.2) is 53.2 Å². The van der Waals surface area contributed by atoms with E-state index in [1.54, 1.807) is 23.0 Å². The smallest absolute Gasteiger partial charge is 0.253 e. The first-order valence-electron chi connectivity index (χ1n) is 10.4. The Morgan fingerprint density at radius 2 is 2.24 bits per heavy atom. The lowest BCUT2D eigenvalue weighted by molar-refractivity contribution is -0.111. The number of aliphatic imine (C=N–C) groups is 2. The summed E-state index contributed by atoms with van der Waals surface area (Å²) in [5.74, 6) is 0.145. The number of hydrogen-bond acceptors (Lipinski definition) is 8. The second-order valence-electron chi connectivity index (χ2n) is 7.39. The molecule has 3 aromatic rings. The van der Waals surface area contributed by atoms with Gasteiger partial charge in [0, 0.05) is 23.5 Å². The van der Waals surface area contributed by atoms with Crippen LogP contribution in [-0.2, 0) is 4.79 Å². The first kappa shape index (κ1) is 22.6. The SMILES string of the molecule is C=CC(=O)Nc1cccc(-n2cnc3c(N)nc(N=C4CCC(=NCCO)C(Cl)C4)nc32)c1. The van der Waals surface area contributed by atoms with Crippen molar-refractivity contribution in [1.29, 1.82) is 0 Å². The molecule has 1 saturated carbocycles. The van der Waals surface area contributed by atoms with Gasteiger partial charge in [0.1, 0.15) is 6.33 Å². The van der Waals surface area contributed by atoms with Crippen LogP contribution >= 0.6 is 11.6 Å². The van der Waals surface area contributed by atoms with Gasteiger partial charge in [-0.2, -0.15) is 9.97 Å². The summed E-state index contributed by atoms with van der Waals surface area (Å²) in [6.07, 6.45) is 4.68. The normalized spacial score (nSPS) is 18.7. The molecule has 2 heterocycles. The van der Waals surface area contributed by atoms with Gasteiger partial charge in [-0.25, -0.2) is 9.98 Å². The Hall–Kier alpha value is -3.63. The molecule has 2 aromatic heterocycles. The standard InChI is InChI=1S/C22H23ClN8O2/c1-2-18(33)27-13-4-3-5-15(10-13)31-12-26-19-20(24)29-22(30-21(19)31)28-14-6-7-17(16(23)11-14)25-8-9-32/h2-5,10,12,16,32H,1,6-9,11H2,(H,27,33)(H2,24,29,30). The number of aromatic nitrogens is 4. The number of hydrogen-bond donors (Lipinski definition) is 3. The zero-order chi connectivity index (χ0) is 23.4. The minimum Gasteiger partial charge on any atom is -0.394 e. The number of benzene rings is 1. The topological polar surface area (TPSA) is 144 Å². The maximum atomic E-state index is 11.6. The number of carbonyl (C=O) groups is 1. The third kappa shape index (κ3) is 5.07. The van der Waals surface area contributed by atoms with Crippen molar-refractivity contribution in [2.45, 2.75) is 24.6 Å². The van der Waals surface area contributed by atoms with Gasteiger partial charge in [0.05, 0.1) is 24.2 Å². The summed E-state index contributed by atoms with van der Waals surface area (Å²) in [6.45, 7) is 3.81. The second-order valence-corrected chi connectivity index (χ2v) is 7.91. The Balaban J connectivity index is 1.65. The third-order valence-electron chi connectivity index (χ3n) is 5.11. The predicted molar refractivity (Wildman–Crippen MR) is 130 cm³/mol. The molecule has 1 atom stereocenters. The highest BCUT2D eigenvalue weighted by Gasteiger charge is 2.23. The minimum absolute atomic E-state index is 0.00158. The van der Waals surface area contributed by atoms with E-state index in [0.29, 0.717) is 42.7 Å². The van der Waals surface area contributed by atoms with Gasteiger partial charge in [-0.15, -0.1) is 11.6 Å². The second kappa shape index (κ2) is 9.88. The fraction of sp³-hybridized carbons (Fsp3) is 0.273. The molecule has 1 aromatic carbocycles. The summed E-state index contributed by atoms with van der Waals surface area (Å²) in [5.41, 5.74) is 10.2. The van der Waals surface area contributed by atoms with Gasteiger partial charge < -0.3 is 16.2 Å². The van der Waals surface area contributed by atoms with E-state index in [1.165, 1.54) is 6.08 Å². The summed E-state index contributed by atoms with van der Waals surface area (Å²) in [7, 11) is 0. The molecule has 1 amide bonds. The number of aliphatic hydroxyl groups is 1. The lowest BCUT2D eigenvalue weighted by Crippen LogP contribution is -2.26. The first-order valence-corrected chi connectivity index (χ1v) is 10.8. The van der Waals surface area contributed by atoms with E-state index in [4.69, 9.17) is 22.4 Å². The van der Waals surface area contributed by atoms with Crippen molar-refractivity contribution < 1.29 is 9.90 Å². The molecular weight excluding hydrogens is 444 g/mol. The Bertz CT molecular complexity index is 1270. The largest absolute Gasteiger partial charge is 0.394 e. The van der Waals surface area contributed by atoms with Crippen molar-refractivity contribution in [1.82, 2.24) is 19.5 Å². The zero-order valence-electron chi connectivity index (χ0n) is 17.8. The van der Waals surface area contributed by atoms with Gasteiger partial charge in [-0.3, -0.25) is 14.4 Å². The molecule has 4 N–H and O–H groups in total. The van der Waals surface area contributed by atoms with E-state index in [0.717, 1.165) is 17.1 Å². The Morgan fingerprint density at radius 1 is 1.39 bits per heavy atom. The van der Waals surface area contributed by atoms with E-state index < -0.39 is 0 Å². The number of nitrogen functional groups attached to an aromatic ring is 1. The zero-order valence-corrected chi connectivity index (χ0v) is 18.5. The van der Waals surface area contributed by atoms with Gasteiger partial charge in [-0.05, 0) is 37.1 Å². The maximum Gasteiger partial charge on any atom is 0.253 e.